The van der Waals surface area contributed by atoms with Crippen LogP contribution in [0.5, 0.6) is 0 Å². The monoisotopic (exact) mass is 451 g/mol. The third-order valence-corrected chi connectivity index (χ3v) is 4.64. The molecule has 0 spiro atoms. The van der Waals surface area contributed by atoms with Gasteiger partial charge in [-0.15, -0.1) is 0 Å². The van der Waals surface area contributed by atoms with Gasteiger partial charge in [-0.25, -0.2) is 4.98 Å². The Bertz CT molecular complexity index is 1430. The molecule has 0 bridgehead atoms. The van der Waals surface area contributed by atoms with Crippen molar-refractivity contribution in [3.63, 3.8) is 0 Å². The molecule has 0 aliphatic carbocycles. The number of benzene rings is 2. The second-order valence-corrected chi connectivity index (χ2v) is 6.93. The van der Waals surface area contributed by atoms with Crippen molar-refractivity contribution >= 4 is 34.3 Å². The zero-order valence-electron chi connectivity index (χ0n) is 16.9. The second kappa shape index (κ2) is 8.58. The van der Waals surface area contributed by atoms with E-state index in [1.54, 1.807) is 30.3 Å². The summed E-state index contributed by atoms with van der Waals surface area (Å²) in [4.78, 5) is 32.8. The Labute approximate surface area is 185 Å². The number of halogens is 3. The summed E-state index contributed by atoms with van der Waals surface area (Å²) in [5.41, 5.74) is 0.0400. The summed E-state index contributed by atoms with van der Waals surface area (Å²) in [6.07, 6.45) is -1.91. The molecule has 0 fully saturated rings. The molecular formula is C23H16F3N5O2. The predicted octanol–water partition coefficient (Wildman–Crippen LogP) is 4.67. The molecule has 0 aliphatic heterocycles. The molecule has 2 aromatic carbocycles. The highest BCUT2D eigenvalue weighted by Crippen LogP contribution is 2.31. The molecule has 7 nitrogen and oxygen atoms in total. The van der Waals surface area contributed by atoms with E-state index in [0.29, 0.717) is 16.8 Å². The summed E-state index contributed by atoms with van der Waals surface area (Å²) in [7, 11) is 0. The Morgan fingerprint density at radius 3 is 2.55 bits per heavy atom. The summed E-state index contributed by atoms with van der Waals surface area (Å²) in [6, 6.07) is 14.1. The lowest BCUT2D eigenvalue weighted by Gasteiger charge is -2.13. The minimum Gasteiger partial charge on any atom is -0.324 e. The number of rotatable bonds is 5. The first-order valence-electron chi connectivity index (χ1n) is 9.61. The molecule has 2 aromatic heterocycles. The van der Waals surface area contributed by atoms with Gasteiger partial charge >= 0.3 is 6.18 Å². The van der Waals surface area contributed by atoms with Crippen molar-refractivity contribution in [3.05, 3.63) is 95.4 Å². The zero-order valence-corrected chi connectivity index (χ0v) is 16.9. The number of aromatic nitrogens is 3. The predicted molar refractivity (Wildman–Crippen MR) is 119 cm³/mol. The number of hydrogen-bond acceptors (Lipinski definition) is 5. The van der Waals surface area contributed by atoms with E-state index in [9.17, 15) is 22.8 Å². The Morgan fingerprint density at radius 1 is 1.03 bits per heavy atom. The van der Waals surface area contributed by atoms with E-state index < -0.39 is 23.2 Å². The number of pyridine rings is 1. The molecule has 166 valence electrons. The number of carbonyl (C=O) groups excluding carboxylic acids is 1. The molecule has 2 heterocycles. The van der Waals surface area contributed by atoms with Crippen LogP contribution in [0, 0.1) is 0 Å². The quantitative estimate of drug-likeness (QED) is 0.431. The third kappa shape index (κ3) is 4.74. The number of nitrogens with one attached hydrogen (secondary N) is 2. The lowest BCUT2D eigenvalue weighted by Crippen LogP contribution is -2.19. The van der Waals surface area contributed by atoms with E-state index in [1.165, 1.54) is 29.0 Å². The maximum Gasteiger partial charge on any atom is 0.416 e. The normalized spacial score (nSPS) is 11.2. The molecule has 4 aromatic rings. The minimum absolute atomic E-state index is 0.0114. The number of nitrogens with zero attached hydrogens (tertiary/aromatic N) is 3. The summed E-state index contributed by atoms with van der Waals surface area (Å²) in [5.74, 6) is -0.399. The van der Waals surface area contributed by atoms with Gasteiger partial charge in [0.1, 0.15) is 0 Å². The van der Waals surface area contributed by atoms with Crippen LogP contribution in [0.3, 0.4) is 0 Å². The first-order chi connectivity index (χ1) is 15.7. The van der Waals surface area contributed by atoms with Crippen molar-refractivity contribution in [1.29, 1.82) is 0 Å². The van der Waals surface area contributed by atoms with Gasteiger partial charge in [-0.05, 0) is 48.5 Å². The lowest BCUT2D eigenvalue weighted by molar-refractivity contribution is -0.137. The van der Waals surface area contributed by atoms with Gasteiger partial charge in [0.15, 0.2) is 5.65 Å². The van der Waals surface area contributed by atoms with Gasteiger partial charge in [0.2, 0.25) is 11.9 Å². The van der Waals surface area contributed by atoms with Crippen LogP contribution >= 0.6 is 0 Å². The number of anilines is 3. The van der Waals surface area contributed by atoms with Crippen LogP contribution in [0.15, 0.2) is 84.3 Å². The van der Waals surface area contributed by atoms with Gasteiger partial charge in [-0.2, -0.15) is 18.2 Å². The van der Waals surface area contributed by atoms with Crippen molar-refractivity contribution < 1.29 is 18.0 Å². The van der Waals surface area contributed by atoms with Gasteiger partial charge in [0, 0.05) is 29.0 Å². The topological polar surface area (TPSA) is 88.9 Å². The molecule has 0 unspecified atom stereocenters. The zero-order chi connectivity index (χ0) is 23.6. The highest BCUT2D eigenvalue weighted by Gasteiger charge is 2.30. The van der Waals surface area contributed by atoms with Crippen LogP contribution in [-0.2, 0) is 11.0 Å². The smallest absolute Gasteiger partial charge is 0.324 e. The number of amides is 1. The van der Waals surface area contributed by atoms with E-state index in [-0.39, 0.29) is 17.3 Å². The molecule has 0 saturated carbocycles. The Kier molecular flexibility index (Phi) is 5.65. The molecule has 0 saturated heterocycles. The van der Waals surface area contributed by atoms with Gasteiger partial charge in [-0.1, -0.05) is 18.7 Å². The average Bonchev–Trinajstić information content (AvgIpc) is 2.78. The molecule has 33 heavy (non-hydrogen) atoms. The maximum atomic E-state index is 13.0. The van der Waals surface area contributed by atoms with Crippen LogP contribution in [0.25, 0.3) is 16.7 Å². The fourth-order valence-electron chi connectivity index (χ4n) is 3.15. The van der Waals surface area contributed by atoms with Crippen LogP contribution in [-0.4, -0.2) is 20.4 Å². The standard InChI is InChI=1S/C23H16F3N5O2/c1-2-19(32)28-17-7-4-8-18(12-17)31-20(33)10-9-14-13-27-22(30-21(14)31)29-16-6-3-5-15(11-16)23(24,25)26/h2-13H,1H2,(H,28,32)(H,27,29,30). The van der Waals surface area contributed by atoms with Crippen LogP contribution in [0.2, 0.25) is 0 Å². The molecule has 1 amide bonds. The van der Waals surface area contributed by atoms with Crippen molar-refractivity contribution in [2.24, 2.45) is 0 Å². The van der Waals surface area contributed by atoms with Crippen molar-refractivity contribution in [2.75, 3.05) is 10.6 Å². The van der Waals surface area contributed by atoms with Crippen LogP contribution in [0.1, 0.15) is 5.56 Å². The van der Waals surface area contributed by atoms with Crippen LogP contribution in [0.4, 0.5) is 30.5 Å². The van der Waals surface area contributed by atoms with Gasteiger partial charge < -0.3 is 10.6 Å². The van der Waals surface area contributed by atoms with Gasteiger partial charge in [-0.3, -0.25) is 14.2 Å². The largest absolute Gasteiger partial charge is 0.416 e. The molecule has 0 radical (unpaired) electrons. The summed E-state index contributed by atoms with van der Waals surface area (Å²) >= 11 is 0. The summed E-state index contributed by atoms with van der Waals surface area (Å²) < 4.78 is 40.3. The van der Waals surface area contributed by atoms with E-state index >= 15 is 0 Å². The average molecular weight is 451 g/mol. The SMILES string of the molecule is C=CC(=O)Nc1cccc(-n2c(=O)ccc3cnc(Nc4cccc(C(F)(F)F)c4)nc32)c1. The number of hydrogen-bond donors (Lipinski definition) is 2. The molecule has 0 atom stereocenters. The molecule has 2 N–H and O–H groups in total. The van der Waals surface area contributed by atoms with Gasteiger partial charge in [0.05, 0.1) is 11.3 Å². The Balaban J connectivity index is 1.77. The fraction of sp³-hybridized carbons (Fsp3) is 0.0435. The van der Waals surface area contributed by atoms with E-state index in [2.05, 4.69) is 27.2 Å². The first-order valence-corrected chi connectivity index (χ1v) is 9.61. The number of alkyl halides is 3. The number of fused-ring (bicyclic) bond motifs is 1. The molecule has 0 aliphatic rings. The minimum atomic E-state index is -4.49. The van der Waals surface area contributed by atoms with Crippen molar-refractivity contribution in [2.45, 2.75) is 6.18 Å². The maximum absolute atomic E-state index is 13.0. The summed E-state index contributed by atoms with van der Waals surface area (Å²) in [5, 5.41) is 5.90. The fourth-order valence-corrected chi connectivity index (χ4v) is 3.15. The lowest BCUT2D eigenvalue weighted by atomic mass is 10.2. The first kappa shape index (κ1) is 21.8. The highest BCUT2D eigenvalue weighted by atomic mass is 19.4. The summed E-state index contributed by atoms with van der Waals surface area (Å²) in [6.45, 7) is 3.40. The second-order valence-electron chi connectivity index (χ2n) is 6.93. The van der Waals surface area contributed by atoms with Crippen molar-refractivity contribution in [1.82, 2.24) is 14.5 Å². The van der Waals surface area contributed by atoms with E-state index in [4.69, 9.17) is 0 Å². The van der Waals surface area contributed by atoms with Gasteiger partial charge in [0.25, 0.3) is 5.56 Å². The van der Waals surface area contributed by atoms with E-state index in [0.717, 1.165) is 18.2 Å². The molecule has 4 rings (SSSR count). The molecule has 10 heteroatoms. The highest BCUT2D eigenvalue weighted by molar-refractivity contribution is 5.99. The molecular weight excluding hydrogens is 435 g/mol. The van der Waals surface area contributed by atoms with Crippen molar-refractivity contribution in [3.8, 4) is 5.69 Å². The third-order valence-electron chi connectivity index (χ3n) is 4.64. The van der Waals surface area contributed by atoms with E-state index in [1.807, 2.05) is 0 Å². The Morgan fingerprint density at radius 2 is 1.79 bits per heavy atom. The Hall–Kier alpha value is -4.47. The van der Waals surface area contributed by atoms with Crippen LogP contribution < -0.4 is 16.2 Å². The number of carbonyl (C=O) groups is 1.